The molecule has 34 heavy (non-hydrogen) atoms. The number of nitrogens with zero attached hydrogens (tertiary/aromatic N) is 3. The molecular weight excluding hydrogens is 442 g/mol. The average Bonchev–Trinajstić information content (AvgIpc) is 3.12. The maximum Gasteiger partial charge on any atom is 0.311 e. The van der Waals surface area contributed by atoms with Crippen LogP contribution in [0.3, 0.4) is 0 Å². The minimum Gasteiger partial charge on any atom is -0.466 e. The lowest BCUT2D eigenvalue weighted by Crippen LogP contribution is -2.42. The second kappa shape index (κ2) is 9.26. The predicted octanol–water partition coefficient (Wildman–Crippen LogP) is 3.76. The molecule has 0 amide bonds. The molecule has 2 aliphatic heterocycles. The Balaban J connectivity index is 1.84. The molecule has 0 N–H and O–H groups in total. The molecule has 2 aromatic carbocycles. The van der Waals surface area contributed by atoms with E-state index in [1.165, 1.54) is 30.3 Å². The fourth-order valence-electron chi connectivity index (χ4n) is 4.44. The fraction of sp³-hybridized carbons (Fsp3) is 0.250. The SMILES string of the molecule is CCOC(=O)[C@@H]1CC2C(=O)C=CC1N2/C(=C/c1cccc([N+](=O)[O-])c1)c1ccc([N+](=O)[O-])cc1. The highest BCUT2D eigenvalue weighted by Gasteiger charge is 2.49. The lowest BCUT2D eigenvalue weighted by atomic mass is 9.99. The van der Waals surface area contributed by atoms with Gasteiger partial charge in [0, 0.05) is 30.0 Å². The Labute approximate surface area is 194 Å². The van der Waals surface area contributed by atoms with Crippen molar-refractivity contribution in [2.75, 3.05) is 6.61 Å². The molecule has 2 bridgehead atoms. The van der Waals surface area contributed by atoms with Crippen LogP contribution in [0.15, 0.2) is 60.7 Å². The van der Waals surface area contributed by atoms with E-state index in [4.69, 9.17) is 4.74 Å². The van der Waals surface area contributed by atoms with E-state index in [1.54, 1.807) is 43.3 Å². The van der Waals surface area contributed by atoms with Crippen LogP contribution in [0.2, 0.25) is 0 Å². The third kappa shape index (κ3) is 4.29. The molecule has 0 aromatic heterocycles. The van der Waals surface area contributed by atoms with E-state index < -0.39 is 33.8 Å². The highest BCUT2D eigenvalue weighted by atomic mass is 16.6. The summed E-state index contributed by atoms with van der Waals surface area (Å²) in [7, 11) is 0. The standard InChI is InChI=1S/C24H21N3O7/c1-2-34-24(29)19-14-22-23(28)11-10-20(19)25(22)21(16-6-8-17(9-7-16)26(30)31)13-15-4-3-5-18(12-15)27(32)33/h3-13,19-20,22H,2,14H2,1H3/b21-13+/t19-,20?,22?/m1/s1. The largest absolute Gasteiger partial charge is 0.466 e. The van der Waals surface area contributed by atoms with E-state index in [2.05, 4.69) is 0 Å². The fourth-order valence-corrected chi connectivity index (χ4v) is 4.44. The minimum absolute atomic E-state index is 0.0968. The van der Waals surface area contributed by atoms with Gasteiger partial charge in [-0.05, 0) is 48.8 Å². The van der Waals surface area contributed by atoms with Gasteiger partial charge >= 0.3 is 5.97 Å². The number of hydrogen-bond acceptors (Lipinski definition) is 8. The normalized spacial score (nSPS) is 21.4. The van der Waals surface area contributed by atoms with Gasteiger partial charge in [0.25, 0.3) is 11.4 Å². The van der Waals surface area contributed by atoms with Crippen LogP contribution in [0.5, 0.6) is 0 Å². The smallest absolute Gasteiger partial charge is 0.311 e. The molecule has 2 aromatic rings. The third-order valence-corrected chi connectivity index (χ3v) is 5.96. The first-order valence-electron chi connectivity index (χ1n) is 10.7. The van der Waals surface area contributed by atoms with Crippen LogP contribution in [-0.4, -0.2) is 45.2 Å². The number of nitro groups is 2. The number of ketones is 1. The van der Waals surface area contributed by atoms with Crippen LogP contribution in [0, 0.1) is 26.1 Å². The summed E-state index contributed by atoms with van der Waals surface area (Å²) in [6.45, 7) is 1.92. The molecule has 0 aliphatic carbocycles. The molecule has 174 valence electrons. The van der Waals surface area contributed by atoms with Crippen molar-refractivity contribution >= 4 is 34.9 Å². The maximum atomic E-state index is 12.8. The number of rotatable bonds is 7. The number of non-ortho nitro benzene ring substituents is 2. The van der Waals surface area contributed by atoms with Gasteiger partial charge in [0.2, 0.25) is 0 Å². The van der Waals surface area contributed by atoms with Gasteiger partial charge in [-0.15, -0.1) is 0 Å². The molecule has 1 saturated heterocycles. The topological polar surface area (TPSA) is 133 Å². The van der Waals surface area contributed by atoms with E-state index in [9.17, 15) is 29.8 Å². The molecule has 10 nitrogen and oxygen atoms in total. The summed E-state index contributed by atoms with van der Waals surface area (Å²) < 4.78 is 5.23. The van der Waals surface area contributed by atoms with Crippen molar-refractivity contribution in [1.29, 1.82) is 0 Å². The summed E-state index contributed by atoms with van der Waals surface area (Å²) in [5.74, 6) is -1.15. The molecule has 2 heterocycles. The van der Waals surface area contributed by atoms with E-state index in [0.29, 0.717) is 16.8 Å². The Hall–Kier alpha value is -4.34. The van der Waals surface area contributed by atoms with Crippen molar-refractivity contribution in [3.05, 3.63) is 92.0 Å². The van der Waals surface area contributed by atoms with Gasteiger partial charge in [0.05, 0.1) is 34.5 Å². The predicted molar refractivity (Wildman–Crippen MR) is 122 cm³/mol. The van der Waals surface area contributed by atoms with Gasteiger partial charge in [-0.2, -0.15) is 0 Å². The summed E-state index contributed by atoms with van der Waals surface area (Å²) in [4.78, 5) is 48.6. The van der Waals surface area contributed by atoms with Gasteiger partial charge in [-0.3, -0.25) is 29.8 Å². The number of nitro benzene ring substituents is 2. The molecule has 0 saturated carbocycles. The minimum atomic E-state index is -0.635. The van der Waals surface area contributed by atoms with E-state index in [0.717, 1.165) is 0 Å². The Bertz CT molecular complexity index is 1220. The molecule has 0 radical (unpaired) electrons. The molecule has 3 atom stereocenters. The maximum absolute atomic E-state index is 12.8. The molecule has 4 rings (SSSR count). The summed E-state index contributed by atoms with van der Waals surface area (Å²) >= 11 is 0. The second-order valence-electron chi connectivity index (χ2n) is 7.96. The zero-order chi connectivity index (χ0) is 24.4. The highest BCUT2D eigenvalue weighted by molar-refractivity contribution is 5.99. The van der Waals surface area contributed by atoms with Crippen LogP contribution in [-0.2, 0) is 14.3 Å². The molecule has 2 aliphatic rings. The average molecular weight is 463 g/mol. The Morgan fingerprint density at radius 2 is 1.82 bits per heavy atom. The van der Waals surface area contributed by atoms with Gasteiger partial charge in [0.15, 0.2) is 5.78 Å². The van der Waals surface area contributed by atoms with E-state index in [-0.39, 0.29) is 30.2 Å². The number of carbonyl (C=O) groups is 2. The van der Waals surface area contributed by atoms with Crippen LogP contribution < -0.4 is 0 Å². The van der Waals surface area contributed by atoms with Crippen LogP contribution >= 0.6 is 0 Å². The summed E-state index contributed by atoms with van der Waals surface area (Å²) in [5, 5.41) is 22.4. The van der Waals surface area contributed by atoms with E-state index in [1.807, 2.05) is 4.90 Å². The number of benzene rings is 2. The number of hydrogen-bond donors (Lipinski definition) is 0. The number of esters is 1. The molecule has 0 spiro atoms. The quantitative estimate of drug-likeness (QED) is 0.262. The number of ether oxygens (including phenoxy) is 1. The second-order valence-corrected chi connectivity index (χ2v) is 7.96. The van der Waals surface area contributed by atoms with Crippen molar-refractivity contribution in [2.24, 2.45) is 5.92 Å². The van der Waals surface area contributed by atoms with Crippen molar-refractivity contribution in [3.63, 3.8) is 0 Å². The molecule has 2 unspecified atom stereocenters. The molecule has 1 fully saturated rings. The lowest BCUT2D eigenvalue weighted by Gasteiger charge is -2.35. The zero-order valence-corrected chi connectivity index (χ0v) is 18.2. The van der Waals surface area contributed by atoms with Gasteiger partial charge in [0.1, 0.15) is 0 Å². The molecular formula is C24H21N3O7. The van der Waals surface area contributed by atoms with Crippen molar-refractivity contribution in [3.8, 4) is 0 Å². The first kappa shape index (κ1) is 22.8. The Morgan fingerprint density at radius 1 is 1.12 bits per heavy atom. The third-order valence-electron chi connectivity index (χ3n) is 5.96. The lowest BCUT2D eigenvalue weighted by molar-refractivity contribution is -0.385. The summed E-state index contributed by atoms with van der Waals surface area (Å²) in [6, 6.07) is 10.7. The highest BCUT2D eigenvalue weighted by Crippen LogP contribution is 2.42. The van der Waals surface area contributed by atoms with E-state index >= 15 is 0 Å². The number of carbonyl (C=O) groups excluding carboxylic acids is 2. The van der Waals surface area contributed by atoms with Gasteiger partial charge < -0.3 is 9.64 Å². The monoisotopic (exact) mass is 463 g/mol. The van der Waals surface area contributed by atoms with Crippen LogP contribution in [0.1, 0.15) is 24.5 Å². The zero-order valence-electron chi connectivity index (χ0n) is 18.2. The first-order valence-corrected chi connectivity index (χ1v) is 10.7. The van der Waals surface area contributed by atoms with Gasteiger partial charge in [-0.25, -0.2) is 0 Å². The van der Waals surface area contributed by atoms with Crippen molar-refractivity contribution < 1.29 is 24.2 Å². The van der Waals surface area contributed by atoms with Gasteiger partial charge in [-0.1, -0.05) is 18.2 Å². The van der Waals surface area contributed by atoms with Crippen LogP contribution in [0.4, 0.5) is 11.4 Å². The Kier molecular flexibility index (Phi) is 6.22. The number of fused-ring (bicyclic) bond motifs is 2. The van der Waals surface area contributed by atoms with Crippen molar-refractivity contribution in [1.82, 2.24) is 4.90 Å². The Morgan fingerprint density at radius 3 is 2.47 bits per heavy atom. The molecule has 10 heteroatoms. The van der Waals surface area contributed by atoms with Crippen LogP contribution in [0.25, 0.3) is 11.8 Å². The summed E-state index contributed by atoms with van der Waals surface area (Å²) in [6.07, 6.45) is 5.08. The van der Waals surface area contributed by atoms with Crippen molar-refractivity contribution in [2.45, 2.75) is 25.4 Å². The first-order chi connectivity index (χ1) is 16.3. The summed E-state index contributed by atoms with van der Waals surface area (Å²) in [5.41, 5.74) is 1.41.